The van der Waals surface area contributed by atoms with Gasteiger partial charge in [-0.1, -0.05) is 159 Å². The van der Waals surface area contributed by atoms with Crippen LogP contribution < -0.4 is 9.80 Å². The normalized spacial score (nSPS) is 10.6. The number of hydrogen-bond acceptors (Lipinski definition) is 2. The molecule has 8 aromatic rings. The molecule has 0 aliphatic carbocycles. The zero-order valence-electron chi connectivity index (χ0n) is 41.9. The molecule has 0 N–H and O–H groups in total. The van der Waals surface area contributed by atoms with Crippen molar-refractivity contribution >= 4 is 78.1 Å². The molecule has 0 amide bonds. The molecule has 0 aliphatic rings. The van der Waals surface area contributed by atoms with E-state index in [1.165, 1.54) is 83.7 Å². The van der Waals surface area contributed by atoms with E-state index in [-0.39, 0.29) is 0 Å². The Kier molecular flexibility index (Phi) is 17.5. The Hall–Kier alpha value is -6.20. The lowest BCUT2D eigenvalue weighted by atomic mass is 9.98. The van der Waals surface area contributed by atoms with Crippen molar-refractivity contribution < 1.29 is 0 Å². The minimum atomic E-state index is 1.04. The standard InChI is InChI=1S/C39H40N2.C16H18.C9H8Br2/c1-9-33-24-38(40(34-14-10-12-26(2)20-34)36-22-28(4)16-18-30(36)6)32(8)39(25-33)41(35-15-11-13-27(3)21-35)37-23-29(5)17-19-31(37)7;1-12-5-4-6-15(9-12)11-16-10-13(2)7-8-14(16)3;1-3-7-4-8(10)6(2)9(11)5-7/h9-25H,1H2,2-8H3;4-10H,11H2,1-3H3;3-5H,1H2,2H3. The minimum Gasteiger partial charge on any atom is -0.310 e. The van der Waals surface area contributed by atoms with Crippen molar-refractivity contribution in [1.29, 1.82) is 0 Å². The first-order valence-corrected chi connectivity index (χ1v) is 24.9. The van der Waals surface area contributed by atoms with Gasteiger partial charge in [-0.15, -0.1) is 0 Å². The largest absolute Gasteiger partial charge is 0.310 e. The number of aryl methyl sites for hydroxylation is 9. The van der Waals surface area contributed by atoms with Gasteiger partial charge < -0.3 is 9.80 Å². The molecule has 4 heteroatoms. The maximum absolute atomic E-state index is 4.21. The quantitative estimate of drug-likeness (QED) is 0.135. The SMILES string of the molecule is C=Cc1cc(Br)c(C)c(Br)c1.C=Cc1cc(N(c2cccc(C)c2)c2cc(C)ccc2C)c(C)c(N(c2cccc(C)c2)c2cc(C)ccc2C)c1.Cc1cccc(Cc2cc(C)ccc2C)c1. The Morgan fingerprint density at radius 2 is 0.779 bits per heavy atom. The van der Waals surface area contributed by atoms with Crippen molar-refractivity contribution in [2.45, 2.75) is 82.6 Å². The van der Waals surface area contributed by atoms with E-state index in [0.29, 0.717) is 0 Å². The molecule has 0 aromatic heterocycles. The van der Waals surface area contributed by atoms with Gasteiger partial charge in [0.25, 0.3) is 0 Å². The molecule has 0 aliphatic heterocycles. The molecule has 8 rings (SSSR count). The van der Waals surface area contributed by atoms with Gasteiger partial charge >= 0.3 is 0 Å². The molecule has 0 heterocycles. The Labute approximate surface area is 425 Å². The molecular weight excluding hydrogens is 957 g/mol. The third-order valence-electron chi connectivity index (χ3n) is 12.3. The Balaban J connectivity index is 0.000000228. The van der Waals surface area contributed by atoms with Crippen LogP contribution in [-0.4, -0.2) is 0 Å². The molecule has 8 aromatic carbocycles. The van der Waals surface area contributed by atoms with Gasteiger partial charge in [0.2, 0.25) is 0 Å². The van der Waals surface area contributed by atoms with E-state index in [9.17, 15) is 0 Å². The van der Waals surface area contributed by atoms with Gasteiger partial charge in [0.15, 0.2) is 0 Å². The van der Waals surface area contributed by atoms with Gasteiger partial charge in [-0.3, -0.25) is 0 Å². The zero-order valence-corrected chi connectivity index (χ0v) is 45.0. The summed E-state index contributed by atoms with van der Waals surface area (Å²) in [4.78, 5) is 4.83. The number of anilines is 6. The second kappa shape index (κ2) is 23.2. The molecule has 0 spiro atoms. The van der Waals surface area contributed by atoms with Crippen molar-refractivity contribution in [1.82, 2.24) is 0 Å². The summed E-state index contributed by atoms with van der Waals surface area (Å²) in [7, 11) is 0. The van der Waals surface area contributed by atoms with Crippen LogP contribution in [0.5, 0.6) is 0 Å². The van der Waals surface area contributed by atoms with Crippen LogP contribution >= 0.6 is 31.9 Å². The predicted octanol–water partition coefficient (Wildman–Crippen LogP) is 19.8. The van der Waals surface area contributed by atoms with E-state index in [2.05, 4.69) is 271 Å². The highest BCUT2D eigenvalue weighted by atomic mass is 79.9. The zero-order chi connectivity index (χ0) is 49.2. The van der Waals surface area contributed by atoms with Crippen LogP contribution in [0, 0.1) is 76.2 Å². The summed E-state index contributed by atoms with van der Waals surface area (Å²) in [6.45, 7) is 31.7. The highest BCUT2D eigenvalue weighted by Crippen LogP contribution is 2.46. The van der Waals surface area contributed by atoms with Crippen LogP contribution in [-0.2, 0) is 6.42 Å². The van der Waals surface area contributed by atoms with E-state index < -0.39 is 0 Å². The summed E-state index contributed by atoms with van der Waals surface area (Å²) in [6, 6.07) is 55.0. The molecule has 68 heavy (non-hydrogen) atoms. The molecule has 2 nitrogen and oxygen atoms in total. The van der Waals surface area contributed by atoms with E-state index in [0.717, 1.165) is 49.2 Å². The van der Waals surface area contributed by atoms with Crippen LogP contribution in [0.1, 0.15) is 83.5 Å². The number of nitrogens with zero attached hydrogens (tertiary/aromatic N) is 2. The first kappa shape index (κ1) is 51.2. The molecule has 0 atom stereocenters. The van der Waals surface area contributed by atoms with Gasteiger partial charge in [-0.05, 0) is 216 Å². The Morgan fingerprint density at radius 3 is 1.22 bits per heavy atom. The van der Waals surface area contributed by atoms with Gasteiger partial charge in [0.05, 0.1) is 11.4 Å². The molecule has 346 valence electrons. The molecule has 0 saturated carbocycles. The number of rotatable bonds is 10. The number of benzene rings is 8. The van der Waals surface area contributed by atoms with Gasteiger partial charge in [0, 0.05) is 31.7 Å². The van der Waals surface area contributed by atoms with Gasteiger partial charge in [-0.2, -0.15) is 0 Å². The summed E-state index contributed by atoms with van der Waals surface area (Å²) in [6.07, 6.45) is 4.83. The molecule has 0 saturated heterocycles. The fraction of sp³-hybridized carbons (Fsp3) is 0.188. The topological polar surface area (TPSA) is 6.48 Å². The average Bonchev–Trinajstić information content (AvgIpc) is 3.30. The van der Waals surface area contributed by atoms with Crippen LogP contribution in [0.4, 0.5) is 34.1 Å². The van der Waals surface area contributed by atoms with Crippen molar-refractivity contribution in [3.63, 3.8) is 0 Å². The summed E-state index contributed by atoms with van der Waals surface area (Å²) in [5.41, 5.74) is 25.8. The van der Waals surface area contributed by atoms with E-state index >= 15 is 0 Å². The van der Waals surface area contributed by atoms with Gasteiger partial charge in [-0.25, -0.2) is 0 Å². The molecular formula is C64H66Br2N2. The lowest BCUT2D eigenvalue weighted by Gasteiger charge is -2.34. The summed E-state index contributed by atoms with van der Waals surface area (Å²) < 4.78 is 2.23. The second-order valence-corrected chi connectivity index (χ2v) is 19.9. The molecule has 0 fully saturated rings. The third kappa shape index (κ3) is 12.9. The van der Waals surface area contributed by atoms with E-state index in [1.807, 2.05) is 24.3 Å². The van der Waals surface area contributed by atoms with E-state index in [4.69, 9.17) is 0 Å². The van der Waals surface area contributed by atoms with Crippen LogP contribution in [0.3, 0.4) is 0 Å². The Bertz CT molecular complexity index is 2940. The highest BCUT2D eigenvalue weighted by molar-refractivity contribution is 9.11. The minimum absolute atomic E-state index is 1.04. The van der Waals surface area contributed by atoms with Crippen molar-refractivity contribution in [3.8, 4) is 0 Å². The molecule has 0 unspecified atom stereocenters. The molecule has 0 bridgehead atoms. The predicted molar refractivity (Wildman–Crippen MR) is 306 cm³/mol. The van der Waals surface area contributed by atoms with Crippen molar-refractivity contribution in [3.05, 3.63) is 257 Å². The first-order chi connectivity index (χ1) is 32.5. The molecule has 0 radical (unpaired) electrons. The second-order valence-electron chi connectivity index (χ2n) is 18.2. The maximum Gasteiger partial charge on any atom is 0.0517 e. The van der Waals surface area contributed by atoms with Crippen molar-refractivity contribution in [2.75, 3.05) is 9.80 Å². The fourth-order valence-electron chi connectivity index (χ4n) is 8.37. The van der Waals surface area contributed by atoms with Crippen LogP contribution in [0.25, 0.3) is 12.2 Å². The summed E-state index contributed by atoms with van der Waals surface area (Å²) in [5, 5.41) is 0. The fourth-order valence-corrected chi connectivity index (χ4v) is 9.60. The average molecular weight is 1020 g/mol. The monoisotopic (exact) mass is 1020 g/mol. The highest BCUT2D eigenvalue weighted by Gasteiger charge is 2.24. The van der Waals surface area contributed by atoms with Crippen LogP contribution in [0.15, 0.2) is 174 Å². The van der Waals surface area contributed by atoms with Crippen molar-refractivity contribution in [2.24, 2.45) is 0 Å². The summed E-state index contributed by atoms with van der Waals surface area (Å²) in [5.74, 6) is 0. The summed E-state index contributed by atoms with van der Waals surface area (Å²) >= 11 is 6.92. The van der Waals surface area contributed by atoms with Crippen LogP contribution in [0.2, 0.25) is 0 Å². The lowest BCUT2D eigenvalue weighted by Crippen LogP contribution is -2.17. The Morgan fingerprint density at radius 1 is 0.382 bits per heavy atom. The maximum atomic E-state index is 4.21. The lowest BCUT2D eigenvalue weighted by molar-refractivity contribution is 1.14. The third-order valence-corrected chi connectivity index (χ3v) is 14.0. The number of halogens is 2. The van der Waals surface area contributed by atoms with E-state index in [1.54, 1.807) is 0 Å². The smallest absolute Gasteiger partial charge is 0.0517 e. The number of hydrogen-bond donors (Lipinski definition) is 0. The van der Waals surface area contributed by atoms with Gasteiger partial charge in [0.1, 0.15) is 0 Å². The first-order valence-electron chi connectivity index (χ1n) is 23.3.